The number of hydrogen-bond acceptors (Lipinski definition) is 2. The Bertz CT molecular complexity index is 2900. The largest absolute Gasteiger partial charge is 0.310 e. The Morgan fingerprint density at radius 2 is 0.815 bits per heavy atom. The van der Waals surface area contributed by atoms with Gasteiger partial charge in [-0.25, -0.2) is 0 Å². The lowest BCUT2D eigenvalue weighted by Crippen LogP contribution is -2.10. The standard InChI is InChI=1S/C52H35NS/c1-3-13-36(14-4-1)37-25-29-41(30-26-37)53(42-31-27-40(28-32-42)45-21-11-18-39-17-7-8-19-44(39)45)43-33-34-46(38-15-5-2-6-16-38)50(35-43)49-23-12-22-48-47-20-9-10-24-51(47)54-52(48)49/h1-35H. The van der Waals surface area contributed by atoms with Crippen LogP contribution in [0.3, 0.4) is 0 Å². The molecule has 2 heteroatoms. The van der Waals surface area contributed by atoms with E-state index in [1.54, 1.807) is 0 Å². The van der Waals surface area contributed by atoms with E-state index >= 15 is 0 Å². The fraction of sp³-hybridized carbons (Fsp3) is 0. The molecule has 1 nitrogen and oxygen atoms in total. The monoisotopic (exact) mass is 705 g/mol. The average molecular weight is 706 g/mol. The lowest BCUT2D eigenvalue weighted by Gasteiger charge is -2.27. The van der Waals surface area contributed by atoms with Crippen LogP contribution in [-0.4, -0.2) is 0 Å². The molecule has 0 aliphatic heterocycles. The quantitative estimate of drug-likeness (QED) is 0.160. The third-order valence-corrected chi connectivity index (χ3v) is 11.7. The summed E-state index contributed by atoms with van der Waals surface area (Å²) in [6.45, 7) is 0. The number of fused-ring (bicyclic) bond motifs is 4. The molecule has 9 aromatic carbocycles. The van der Waals surface area contributed by atoms with Crippen molar-refractivity contribution in [3.63, 3.8) is 0 Å². The number of anilines is 3. The van der Waals surface area contributed by atoms with Crippen molar-refractivity contribution in [3.8, 4) is 44.5 Å². The van der Waals surface area contributed by atoms with Gasteiger partial charge in [-0.2, -0.15) is 0 Å². The molecule has 0 unspecified atom stereocenters. The van der Waals surface area contributed by atoms with E-state index in [4.69, 9.17) is 0 Å². The zero-order valence-corrected chi connectivity index (χ0v) is 30.4. The molecule has 10 rings (SSSR count). The molecule has 0 aliphatic carbocycles. The van der Waals surface area contributed by atoms with Crippen molar-refractivity contribution in [3.05, 3.63) is 212 Å². The van der Waals surface area contributed by atoms with Gasteiger partial charge >= 0.3 is 0 Å². The highest BCUT2D eigenvalue weighted by molar-refractivity contribution is 7.26. The van der Waals surface area contributed by atoms with E-state index in [0.29, 0.717) is 0 Å². The summed E-state index contributed by atoms with van der Waals surface area (Å²) in [6.07, 6.45) is 0. The third-order valence-electron chi connectivity index (χ3n) is 10.5. The lowest BCUT2D eigenvalue weighted by atomic mass is 9.92. The first-order chi connectivity index (χ1) is 26.8. The summed E-state index contributed by atoms with van der Waals surface area (Å²) in [4.78, 5) is 2.39. The molecule has 0 fully saturated rings. The molecule has 10 aromatic rings. The number of benzene rings is 9. The maximum atomic E-state index is 2.39. The zero-order valence-electron chi connectivity index (χ0n) is 29.6. The van der Waals surface area contributed by atoms with Gasteiger partial charge < -0.3 is 4.90 Å². The zero-order chi connectivity index (χ0) is 35.8. The highest BCUT2D eigenvalue weighted by atomic mass is 32.1. The highest BCUT2D eigenvalue weighted by Gasteiger charge is 2.19. The van der Waals surface area contributed by atoms with E-state index in [1.807, 2.05) is 11.3 Å². The van der Waals surface area contributed by atoms with E-state index in [9.17, 15) is 0 Å². The maximum absolute atomic E-state index is 2.39. The Morgan fingerprint density at radius 1 is 0.296 bits per heavy atom. The van der Waals surface area contributed by atoms with E-state index in [2.05, 4.69) is 217 Å². The summed E-state index contributed by atoms with van der Waals surface area (Å²) >= 11 is 1.88. The van der Waals surface area contributed by atoms with Gasteiger partial charge in [0.15, 0.2) is 0 Å². The van der Waals surface area contributed by atoms with Crippen molar-refractivity contribution in [2.24, 2.45) is 0 Å². The van der Waals surface area contributed by atoms with Crippen molar-refractivity contribution in [2.75, 3.05) is 4.90 Å². The summed E-state index contributed by atoms with van der Waals surface area (Å²) in [5, 5.41) is 5.12. The molecule has 254 valence electrons. The molecule has 1 heterocycles. The summed E-state index contributed by atoms with van der Waals surface area (Å²) in [5.41, 5.74) is 13.0. The first-order valence-electron chi connectivity index (χ1n) is 18.4. The molecule has 0 aliphatic rings. The predicted molar refractivity (Wildman–Crippen MR) is 233 cm³/mol. The fourth-order valence-electron chi connectivity index (χ4n) is 7.87. The summed E-state index contributed by atoms with van der Waals surface area (Å²) in [7, 11) is 0. The number of rotatable bonds is 7. The summed E-state index contributed by atoms with van der Waals surface area (Å²) < 4.78 is 2.62. The predicted octanol–water partition coefficient (Wildman–Crippen LogP) is 15.3. The molecule has 0 N–H and O–H groups in total. The molecule has 0 bridgehead atoms. The summed E-state index contributed by atoms with van der Waals surface area (Å²) in [5.74, 6) is 0. The average Bonchev–Trinajstić information content (AvgIpc) is 3.64. The second-order valence-electron chi connectivity index (χ2n) is 13.7. The van der Waals surface area contributed by atoms with E-state index in [-0.39, 0.29) is 0 Å². The number of hydrogen-bond donors (Lipinski definition) is 0. The van der Waals surface area contributed by atoms with Crippen LogP contribution in [-0.2, 0) is 0 Å². The van der Waals surface area contributed by atoms with Crippen LogP contribution in [0.4, 0.5) is 17.1 Å². The molecule has 0 saturated carbocycles. The van der Waals surface area contributed by atoms with E-state index in [1.165, 1.54) is 75.5 Å². The van der Waals surface area contributed by atoms with Crippen molar-refractivity contribution in [1.29, 1.82) is 0 Å². The Hall–Kier alpha value is -6.74. The van der Waals surface area contributed by atoms with Crippen LogP contribution in [0.5, 0.6) is 0 Å². The second kappa shape index (κ2) is 13.7. The minimum Gasteiger partial charge on any atom is -0.310 e. The molecule has 0 saturated heterocycles. The third kappa shape index (κ3) is 5.74. The Labute approximate surface area is 319 Å². The van der Waals surface area contributed by atoms with Crippen LogP contribution in [0, 0.1) is 0 Å². The molecule has 0 atom stereocenters. The molecule has 1 aromatic heterocycles. The van der Waals surface area contributed by atoms with Crippen LogP contribution in [0.25, 0.3) is 75.5 Å². The normalized spacial score (nSPS) is 11.3. The fourth-order valence-corrected chi connectivity index (χ4v) is 9.10. The van der Waals surface area contributed by atoms with Gasteiger partial charge in [0.2, 0.25) is 0 Å². The van der Waals surface area contributed by atoms with Gasteiger partial charge in [0.25, 0.3) is 0 Å². The van der Waals surface area contributed by atoms with E-state index in [0.717, 1.165) is 17.1 Å². The SMILES string of the molecule is c1ccc(-c2ccc(N(c3ccc(-c4cccc5ccccc45)cc3)c3ccc(-c4ccccc4)c(-c4cccc5c4sc4ccccc45)c3)cc2)cc1. The minimum atomic E-state index is 1.10. The van der Waals surface area contributed by atoms with Gasteiger partial charge in [0.05, 0.1) is 0 Å². The van der Waals surface area contributed by atoms with Crippen LogP contribution in [0.2, 0.25) is 0 Å². The second-order valence-corrected chi connectivity index (χ2v) is 14.8. The van der Waals surface area contributed by atoms with Gasteiger partial charge in [0.1, 0.15) is 0 Å². The van der Waals surface area contributed by atoms with Crippen molar-refractivity contribution in [2.45, 2.75) is 0 Å². The van der Waals surface area contributed by atoms with Crippen LogP contribution >= 0.6 is 11.3 Å². The molecule has 0 radical (unpaired) electrons. The Balaban J connectivity index is 1.16. The Morgan fingerprint density at radius 3 is 1.57 bits per heavy atom. The molecular formula is C52H35NS. The van der Waals surface area contributed by atoms with Gasteiger partial charge in [-0.05, 0) is 92.2 Å². The van der Waals surface area contributed by atoms with Crippen LogP contribution in [0.1, 0.15) is 0 Å². The topological polar surface area (TPSA) is 3.24 Å². The van der Waals surface area contributed by atoms with Gasteiger partial charge in [-0.15, -0.1) is 11.3 Å². The lowest BCUT2D eigenvalue weighted by molar-refractivity contribution is 1.28. The van der Waals surface area contributed by atoms with Crippen molar-refractivity contribution in [1.82, 2.24) is 0 Å². The van der Waals surface area contributed by atoms with E-state index < -0.39 is 0 Å². The molecule has 54 heavy (non-hydrogen) atoms. The van der Waals surface area contributed by atoms with Crippen LogP contribution in [0.15, 0.2) is 212 Å². The minimum absolute atomic E-state index is 1.10. The van der Waals surface area contributed by atoms with Crippen molar-refractivity contribution < 1.29 is 0 Å². The molecular weight excluding hydrogens is 671 g/mol. The van der Waals surface area contributed by atoms with Gasteiger partial charge in [-0.1, -0.05) is 170 Å². The first kappa shape index (κ1) is 32.0. The van der Waals surface area contributed by atoms with Crippen LogP contribution < -0.4 is 4.90 Å². The smallest absolute Gasteiger partial charge is 0.0468 e. The number of thiophene rings is 1. The number of nitrogens with zero attached hydrogens (tertiary/aromatic N) is 1. The summed E-state index contributed by atoms with van der Waals surface area (Å²) in [6, 6.07) is 77.1. The maximum Gasteiger partial charge on any atom is 0.0468 e. The van der Waals surface area contributed by atoms with Crippen molar-refractivity contribution >= 4 is 59.3 Å². The Kier molecular flexibility index (Phi) is 8.09. The first-order valence-corrected chi connectivity index (χ1v) is 19.2. The highest BCUT2D eigenvalue weighted by Crippen LogP contribution is 2.46. The molecule has 0 amide bonds. The molecule has 0 spiro atoms. The van der Waals surface area contributed by atoms with Gasteiger partial charge in [-0.3, -0.25) is 0 Å². The van der Waals surface area contributed by atoms with Gasteiger partial charge in [0, 0.05) is 42.8 Å².